The van der Waals surface area contributed by atoms with Crippen molar-refractivity contribution in [2.24, 2.45) is 0 Å². The third-order valence-corrected chi connectivity index (χ3v) is 3.39. The number of ether oxygens (including phenoxy) is 1. The van der Waals surface area contributed by atoms with Crippen molar-refractivity contribution in [2.75, 3.05) is 12.4 Å². The largest absolute Gasteiger partial charge is 0.495 e. The van der Waals surface area contributed by atoms with Crippen LogP contribution in [0.4, 0.5) is 5.69 Å². The van der Waals surface area contributed by atoms with Crippen LogP contribution in [0.2, 0.25) is 5.02 Å². The number of benzene rings is 2. The van der Waals surface area contributed by atoms with Gasteiger partial charge in [-0.3, -0.25) is 4.79 Å². The molecule has 0 bridgehead atoms. The number of hydrogen-bond acceptors (Lipinski definition) is 2. The van der Waals surface area contributed by atoms with Crippen molar-refractivity contribution in [1.82, 2.24) is 0 Å². The van der Waals surface area contributed by atoms with E-state index in [2.05, 4.69) is 5.32 Å². The molecule has 0 radical (unpaired) electrons. The summed E-state index contributed by atoms with van der Waals surface area (Å²) in [6, 6.07) is 13.2. The molecule has 4 heteroatoms. The molecule has 0 unspecified atom stereocenters. The van der Waals surface area contributed by atoms with Crippen LogP contribution in [0.15, 0.2) is 42.5 Å². The van der Waals surface area contributed by atoms with Gasteiger partial charge in [0.25, 0.3) is 0 Å². The zero-order valence-electron chi connectivity index (χ0n) is 12.2. The molecule has 21 heavy (non-hydrogen) atoms. The highest BCUT2D eigenvalue weighted by molar-refractivity contribution is 6.30. The number of hydrogen-bond donors (Lipinski definition) is 1. The smallest absolute Gasteiger partial charge is 0.224 e. The molecule has 0 aromatic heterocycles. The van der Waals surface area contributed by atoms with Gasteiger partial charge >= 0.3 is 0 Å². The van der Waals surface area contributed by atoms with E-state index in [0.717, 1.165) is 11.1 Å². The van der Waals surface area contributed by atoms with Crippen LogP contribution >= 0.6 is 11.6 Å². The van der Waals surface area contributed by atoms with Gasteiger partial charge < -0.3 is 10.1 Å². The van der Waals surface area contributed by atoms with Gasteiger partial charge in [-0.1, -0.05) is 29.8 Å². The van der Waals surface area contributed by atoms with Gasteiger partial charge in [-0.05, 0) is 48.7 Å². The minimum Gasteiger partial charge on any atom is -0.495 e. The van der Waals surface area contributed by atoms with Gasteiger partial charge in [0.1, 0.15) is 5.75 Å². The predicted octanol–water partition coefficient (Wildman–Crippen LogP) is 4.23. The first-order chi connectivity index (χ1) is 10.1. The Morgan fingerprint density at radius 3 is 2.76 bits per heavy atom. The van der Waals surface area contributed by atoms with E-state index >= 15 is 0 Å². The standard InChI is InChI=1S/C17H18ClNO2/c1-12-6-8-16(21-2)15(10-12)19-17(20)9-7-13-4-3-5-14(18)11-13/h3-6,8,10-11H,7,9H2,1-2H3,(H,19,20). The van der Waals surface area contributed by atoms with Crippen LogP contribution in [0, 0.1) is 6.92 Å². The van der Waals surface area contributed by atoms with Crippen LogP contribution in [0.25, 0.3) is 0 Å². The summed E-state index contributed by atoms with van der Waals surface area (Å²) in [5.41, 5.74) is 2.82. The average molecular weight is 304 g/mol. The lowest BCUT2D eigenvalue weighted by molar-refractivity contribution is -0.116. The molecule has 1 amide bonds. The van der Waals surface area contributed by atoms with Gasteiger partial charge in [-0.25, -0.2) is 0 Å². The van der Waals surface area contributed by atoms with E-state index in [9.17, 15) is 4.79 Å². The van der Waals surface area contributed by atoms with Gasteiger partial charge in [0, 0.05) is 11.4 Å². The molecular formula is C17H18ClNO2. The van der Waals surface area contributed by atoms with Gasteiger partial charge in [-0.15, -0.1) is 0 Å². The molecule has 3 nitrogen and oxygen atoms in total. The number of nitrogens with one attached hydrogen (secondary N) is 1. The first-order valence-corrected chi connectivity index (χ1v) is 7.15. The van der Waals surface area contributed by atoms with Crippen LogP contribution in [0.3, 0.4) is 0 Å². The highest BCUT2D eigenvalue weighted by Gasteiger charge is 2.08. The van der Waals surface area contributed by atoms with Crippen molar-refractivity contribution in [2.45, 2.75) is 19.8 Å². The molecule has 110 valence electrons. The number of carbonyl (C=O) groups excluding carboxylic acids is 1. The maximum Gasteiger partial charge on any atom is 0.224 e. The van der Waals surface area contributed by atoms with E-state index in [-0.39, 0.29) is 5.91 Å². The van der Waals surface area contributed by atoms with E-state index in [1.165, 1.54) is 0 Å². The lowest BCUT2D eigenvalue weighted by Crippen LogP contribution is -2.13. The zero-order valence-corrected chi connectivity index (χ0v) is 12.9. The van der Waals surface area contributed by atoms with Crippen molar-refractivity contribution in [3.8, 4) is 5.75 Å². The molecule has 0 aliphatic rings. The lowest BCUT2D eigenvalue weighted by atomic mass is 10.1. The van der Waals surface area contributed by atoms with Crippen molar-refractivity contribution in [3.05, 3.63) is 58.6 Å². The van der Waals surface area contributed by atoms with E-state index in [4.69, 9.17) is 16.3 Å². The second-order valence-corrected chi connectivity index (χ2v) is 5.32. The van der Waals surface area contributed by atoms with Crippen LogP contribution in [0.1, 0.15) is 17.5 Å². The van der Waals surface area contributed by atoms with Gasteiger partial charge in [0.15, 0.2) is 0 Å². The number of methoxy groups -OCH3 is 1. The van der Waals surface area contributed by atoms with Gasteiger partial charge in [-0.2, -0.15) is 0 Å². The molecule has 0 heterocycles. The zero-order chi connectivity index (χ0) is 15.2. The first-order valence-electron chi connectivity index (χ1n) is 6.77. The lowest BCUT2D eigenvalue weighted by Gasteiger charge is -2.11. The summed E-state index contributed by atoms with van der Waals surface area (Å²) in [6.45, 7) is 1.97. The summed E-state index contributed by atoms with van der Waals surface area (Å²) >= 11 is 5.93. The topological polar surface area (TPSA) is 38.3 Å². The number of carbonyl (C=O) groups is 1. The molecule has 0 aliphatic heterocycles. The summed E-state index contributed by atoms with van der Waals surface area (Å²) in [7, 11) is 1.59. The minimum absolute atomic E-state index is 0.0427. The number of amides is 1. The summed E-state index contributed by atoms with van der Waals surface area (Å²) in [4.78, 5) is 12.1. The molecule has 0 atom stereocenters. The number of aryl methyl sites for hydroxylation is 2. The fourth-order valence-electron chi connectivity index (χ4n) is 2.08. The number of rotatable bonds is 5. The van der Waals surface area contributed by atoms with Crippen molar-refractivity contribution < 1.29 is 9.53 Å². The SMILES string of the molecule is COc1ccc(C)cc1NC(=O)CCc1cccc(Cl)c1. The normalized spacial score (nSPS) is 10.2. The molecular weight excluding hydrogens is 286 g/mol. The minimum atomic E-state index is -0.0427. The summed E-state index contributed by atoms with van der Waals surface area (Å²) in [6.07, 6.45) is 1.05. The molecule has 2 aromatic rings. The van der Waals surface area contributed by atoms with E-state index < -0.39 is 0 Å². The monoisotopic (exact) mass is 303 g/mol. The molecule has 2 rings (SSSR count). The van der Waals surface area contributed by atoms with Gasteiger partial charge in [0.2, 0.25) is 5.91 Å². The average Bonchev–Trinajstić information content (AvgIpc) is 2.45. The molecule has 0 fully saturated rings. The predicted molar refractivity (Wildman–Crippen MR) is 86.1 cm³/mol. The Labute approximate surface area is 129 Å². The molecule has 0 saturated heterocycles. The summed E-state index contributed by atoms with van der Waals surface area (Å²) < 4.78 is 5.25. The van der Waals surface area contributed by atoms with E-state index in [0.29, 0.717) is 29.3 Å². The highest BCUT2D eigenvalue weighted by atomic mass is 35.5. The fraction of sp³-hybridized carbons (Fsp3) is 0.235. The maximum atomic E-state index is 12.1. The van der Waals surface area contributed by atoms with E-state index in [1.54, 1.807) is 7.11 Å². The Morgan fingerprint density at radius 2 is 2.05 bits per heavy atom. The van der Waals surface area contributed by atoms with Crippen molar-refractivity contribution >= 4 is 23.2 Å². The van der Waals surface area contributed by atoms with Crippen LogP contribution in [-0.2, 0) is 11.2 Å². The van der Waals surface area contributed by atoms with Gasteiger partial charge in [0.05, 0.1) is 12.8 Å². The summed E-state index contributed by atoms with van der Waals surface area (Å²) in [5, 5.41) is 3.58. The summed E-state index contributed by atoms with van der Waals surface area (Å²) in [5.74, 6) is 0.621. The second-order valence-electron chi connectivity index (χ2n) is 4.88. The highest BCUT2D eigenvalue weighted by Crippen LogP contribution is 2.25. The Morgan fingerprint density at radius 1 is 1.24 bits per heavy atom. The third-order valence-electron chi connectivity index (χ3n) is 3.16. The Hall–Kier alpha value is -2.00. The fourth-order valence-corrected chi connectivity index (χ4v) is 2.30. The first kappa shape index (κ1) is 15.4. The Balaban J connectivity index is 1.97. The van der Waals surface area contributed by atoms with Crippen molar-refractivity contribution in [1.29, 1.82) is 0 Å². The molecule has 0 saturated carbocycles. The van der Waals surface area contributed by atoms with Crippen LogP contribution in [-0.4, -0.2) is 13.0 Å². The molecule has 1 N–H and O–H groups in total. The number of halogens is 1. The quantitative estimate of drug-likeness (QED) is 0.897. The Kier molecular flexibility index (Phi) is 5.23. The van der Waals surface area contributed by atoms with Crippen LogP contribution in [0.5, 0.6) is 5.75 Å². The molecule has 0 spiro atoms. The maximum absolute atomic E-state index is 12.1. The van der Waals surface area contributed by atoms with Crippen LogP contribution < -0.4 is 10.1 Å². The van der Waals surface area contributed by atoms with E-state index in [1.807, 2.05) is 49.4 Å². The molecule has 0 aliphatic carbocycles. The Bertz CT molecular complexity index is 640. The number of anilines is 1. The van der Waals surface area contributed by atoms with Crippen molar-refractivity contribution in [3.63, 3.8) is 0 Å². The third kappa shape index (κ3) is 4.50. The second kappa shape index (κ2) is 7.14. The molecule has 2 aromatic carbocycles.